The molecule has 0 bridgehead atoms. The number of nitrogens with zero attached hydrogens (tertiary/aromatic N) is 1. The Hall–Kier alpha value is -1.66. The second-order valence-corrected chi connectivity index (χ2v) is 4.05. The standard InChI is InChI=1S/C11H15N3O3/c12-13-11(16)9-3-6-17-10(9)7-14-4-1-8(15)2-5-14/h3,6H,1-2,4-5,7,12H2,(H,13,16). The zero-order valence-corrected chi connectivity index (χ0v) is 9.44. The molecule has 1 aromatic heterocycles. The molecule has 0 atom stereocenters. The lowest BCUT2D eigenvalue weighted by Crippen LogP contribution is -2.34. The van der Waals surface area contributed by atoms with Gasteiger partial charge in [-0.3, -0.25) is 19.9 Å². The molecule has 17 heavy (non-hydrogen) atoms. The number of nitrogens with one attached hydrogen (secondary N) is 1. The van der Waals surface area contributed by atoms with Crippen LogP contribution in [-0.2, 0) is 11.3 Å². The number of piperidine rings is 1. The highest BCUT2D eigenvalue weighted by Crippen LogP contribution is 2.15. The van der Waals surface area contributed by atoms with Gasteiger partial charge in [-0.05, 0) is 6.07 Å². The predicted octanol–water partition coefficient (Wildman–Crippen LogP) is 0.0480. The van der Waals surface area contributed by atoms with Gasteiger partial charge < -0.3 is 4.42 Å². The fraction of sp³-hybridized carbons (Fsp3) is 0.455. The number of Topliss-reactive ketones (excluding diaryl/α,β-unsaturated/α-hetero) is 1. The van der Waals surface area contributed by atoms with Gasteiger partial charge in [-0.15, -0.1) is 0 Å². The number of likely N-dealkylation sites (tertiary alicyclic amines) is 1. The Morgan fingerprint density at radius 2 is 2.18 bits per heavy atom. The van der Waals surface area contributed by atoms with Crippen molar-refractivity contribution in [1.82, 2.24) is 10.3 Å². The van der Waals surface area contributed by atoms with Gasteiger partial charge in [-0.1, -0.05) is 0 Å². The summed E-state index contributed by atoms with van der Waals surface area (Å²) in [5, 5.41) is 0. The van der Waals surface area contributed by atoms with Crippen molar-refractivity contribution >= 4 is 11.7 Å². The second-order valence-electron chi connectivity index (χ2n) is 4.05. The average Bonchev–Trinajstić information content (AvgIpc) is 2.79. The fourth-order valence-electron chi connectivity index (χ4n) is 1.91. The van der Waals surface area contributed by atoms with E-state index in [1.165, 1.54) is 6.26 Å². The number of furan rings is 1. The van der Waals surface area contributed by atoms with Crippen molar-refractivity contribution in [3.8, 4) is 0 Å². The van der Waals surface area contributed by atoms with Gasteiger partial charge in [0.15, 0.2) is 0 Å². The number of carbonyl (C=O) groups excluding carboxylic acids is 2. The summed E-state index contributed by atoms with van der Waals surface area (Å²) in [6, 6.07) is 1.59. The number of amides is 1. The van der Waals surface area contributed by atoms with E-state index >= 15 is 0 Å². The molecule has 1 aliphatic rings. The smallest absolute Gasteiger partial charge is 0.268 e. The Morgan fingerprint density at radius 1 is 1.47 bits per heavy atom. The molecule has 1 saturated heterocycles. The molecule has 1 aromatic rings. The highest BCUT2D eigenvalue weighted by atomic mass is 16.3. The molecule has 6 heteroatoms. The molecule has 2 heterocycles. The lowest BCUT2D eigenvalue weighted by Gasteiger charge is -2.24. The molecule has 6 nitrogen and oxygen atoms in total. The second kappa shape index (κ2) is 5.11. The summed E-state index contributed by atoms with van der Waals surface area (Å²) in [5.41, 5.74) is 2.53. The quantitative estimate of drug-likeness (QED) is 0.440. The van der Waals surface area contributed by atoms with E-state index in [0.29, 0.717) is 49.6 Å². The molecular formula is C11H15N3O3. The minimum absolute atomic E-state index is 0.292. The van der Waals surface area contributed by atoms with Crippen LogP contribution in [-0.4, -0.2) is 29.7 Å². The van der Waals surface area contributed by atoms with Crippen molar-refractivity contribution in [2.45, 2.75) is 19.4 Å². The summed E-state index contributed by atoms with van der Waals surface area (Å²) in [6.45, 7) is 1.95. The molecular weight excluding hydrogens is 222 g/mol. The van der Waals surface area contributed by atoms with Crippen molar-refractivity contribution in [1.29, 1.82) is 0 Å². The maximum atomic E-state index is 11.4. The number of ketones is 1. The molecule has 0 radical (unpaired) electrons. The van der Waals surface area contributed by atoms with Crippen LogP contribution in [0.4, 0.5) is 0 Å². The molecule has 0 aromatic carbocycles. The van der Waals surface area contributed by atoms with Crippen LogP contribution in [0, 0.1) is 0 Å². The van der Waals surface area contributed by atoms with Crippen LogP contribution in [0.3, 0.4) is 0 Å². The Balaban J connectivity index is 2.01. The summed E-state index contributed by atoms with van der Waals surface area (Å²) in [5.74, 6) is 5.60. The first-order chi connectivity index (χ1) is 8.20. The van der Waals surface area contributed by atoms with E-state index in [2.05, 4.69) is 10.3 Å². The van der Waals surface area contributed by atoms with E-state index in [1.54, 1.807) is 6.07 Å². The minimum atomic E-state index is -0.359. The van der Waals surface area contributed by atoms with Gasteiger partial charge in [-0.25, -0.2) is 5.84 Å². The summed E-state index contributed by atoms with van der Waals surface area (Å²) in [4.78, 5) is 24.6. The number of nitrogens with two attached hydrogens (primary N) is 1. The largest absolute Gasteiger partial charge is 0.467 e. The number of rotatable bonds is 3. The third-order valence-electron chi connectivity index (χ3n) is 2.90. The summed E-state index contributed by atoms with van der Waals surface area (Å²) < 4.78 is 5.27. The Kier molecular flexibility index (Phi) is 3.55. The van der Waals surface area contributed by atoms with Gasteiger partial charge in [0.25, 0.3) is 5.91 Å². The minimum Gasteiger partial charge on any atom is -0.467 e. The van der Waals surface area contributed by atoms with Crippen LogP contribution in [0.15, 0.2) is 16.7 Å². The number of hydrogen-bond donors (Lipinski definition) is 2. The first-order valence-corrected chi connectivity index (χ1v) is 5.52. The molecule has 2 rings (SSSR count). The molecule has 0 saturated carbocycles. The van der Waals surface area contributed by atoms with Crippen molar-refractivity contribution in [2.75, 3.05) is 13.1 Å². The zero-order chi connectivity index (χ0) is 12.3. The van der Waals surface area contributed by atoms with Gasteiger partial charge in [0, 0.05) is 25.9 Å². The molecule has 0 unspecified atom stereocenters. The van der Waals surface area contributed by atoms with E-state index < -0.39 is 0 Å². The fourth-order valence-corrected chi connectivity index (χ4v) is 1.91. The molecule has 3 N–H and O–H groups in total. The van der Waals surface area contributed by atoms with Gasteiger partial charge in [0.05, 0.1) is 18.4 Å². The summed E-state index contributed by atoms with van der Waals surface area (Å²) in [7, 11) is 0. The lowest BCUT2D eigenvalue weighted by molar-refractivity contribution is -0.121. The third kappa shape index (κ3) is 2.72. The van der Waals surface area contributed by atoms with E-state index in [0.717, 1.165) is 0 Å². The zero-order valence-electron chi connectivity index (χ0n) is 9.44. The van der Waals surface area contributed by atoms with Gasteiger partial charge in [-0.2, -0.15) is 0 Å². The first kappa shape index (κ1) is 11.8. The number of hydrogen-bond acceptors (Lipinski definition) is 5. The van der Waals surface area contributed by atoms with Crippen molar-refractivity contribution in [3.05, 3.63) is 23.7 Å². The normalized spacial score (nSPS) is 17.1. The third-order valence-corrected chi connectivity index (χ3v) is 2.90. The Morgan fingerprint density at radius 3 is 2.82 bits per heavy atom. The highest BCUT2D eigenvalue weighted by Gasteiger charge is 2.20. The van der Waals surface area contributed by atoms with Gasteiger partial charge in [0.2, 0.25) is 0 Å². The Bertz CT molecular complexity index is 417. The van der Waals surface area contributed by atoms with Crippen LogP contribution in [0.2, 0.25) is 0 Å². The predicted molar refractivity (Wildman–Crippen MR) is 59.9 cm³/mol. The van der Waals surface area contributed by atoms with Crippen LogP contribution in [0.1, 0.15) is 29.0 Å². The van der Waals surface area contributed by atoms with Crippen LogP contribution >= 0.6 is 0 Å². The molecule has 0 spiro atoms. The SMILES string of the molecule is NNC(=O)c1ccoc1CN1CCC(=O)CC1. The topological polar surface area (TPSA) is 88.6 Å². The van der Waals surface area contributed by atoms with Gasteiger partial charge in [0.1, 0.15) is 11.5 Å². The molecule has 1 fully saturated rings. The van der Waals surface area contributed by atoms with E-state index in [-0.39, 0.29) is 5.91 Å². The highest BCUT2D eigenvalue weighted by molar-refractivity contribution is 5.94. The lowest BCUT2D eigenvalue weighted by atomic mass is 10.1. The summed E-state index contributed by atoms with van der Waals surface area (Å²) >= 11 is 0. The first-order valence-electron chi connectivity index (χ1n) is 5.52. The maximum absolute atomic E-state index is 11.4. The van der Waals surface area contributed by atoms with Crippen LogP contribution in [0.5, 0.6) is 0 Å². The van der Waals surface area contributed by atoms with E-state index in [4.69, 9.17) is 10.3 Å². The molecule has 0 aliphatic carbocycles. The van der Waals surface area contributed by atoms with Crippen molar-refractivity contribution in [2.24, 2.45) is 5.84 Å². The molecule has 1 amide bonds. The molecule has 92 valence electrons. The maximum Gasteiger partial charge on any atom is 0.268 e. The van der Waals surface area contributed by atoms with Crippen molar-refractivity contribution < 1.29 is 14.0 Å². The monoisotopic (exact) mass is 237 g/mol. The van der Waals surface area contributed by atoms with Crippen LogP contribution < -0.4 is 11.3 Å². The summed E-state index contributed by atoms with van der Waals surface area (Å²) in [6.07, 6.45) is 2.60. The number of carbonyl (C=O) groups is 2. The van der Waals surface area contributed by atoms with Crippen LogP contribution in [0.25, 0.3) is 0 Å². The average molecular weight is 237 g/mol. The van der Waals surface area contributed by atoms with E-state index in [9.17, 15) is 9.59 Å². The van der Waals surface area contributed by atoms with E-state index in [1.807, 2.05) is 0 Å². The van der Waals surface area contributed by atoms with Crippen molar-refractivity contribution in [3.63, 3.8) is 0 Å². The number of hydrazine groups is 1. The molecule has 1 aliphatic heterocycles. The Labute approximate surface area is 98.7 Å². The van der Waals surface area contributed by atoms with Gasteiger partial charge >= 0.3 is 0 Å². The number of nitrogen functional groups attached to an aromatic ring is 1.